The minimum Gasteiger partial charge on any atom is -0.497 e. The molecule has 0 bridgehead atoms. The summed E-state index contributed by atoms with van der Waals surface area (Å²) in [5.74, 6) is -0.880. The molecule has 3 N–H and O–H groups in total. The number of aliphatic hydroxyl groups is 1. The van der Waals surface area contributed by atoms with Gasteiger partial charge in [-0.25, -0.2) is 19.2 Å². The first kappa shape index (κ1) is 33.9. The number of amides is 1. The van der Waals surface area contributed by atoms with E-state index in [1.165, 1.54) is 13.2 Å². The molecule has 13 heteroatoms. The van der Waals surface area contributed by atoms with Crippen molar-refractivity contribution >= 4 is 11.8 Å². The van der Waals surface area contributed by atoms with Crippen molar-refractivity contribution < 1.29 is 32.9 Å². The number of hydrazine groups is 1. The van der Waals surface area contributed by atoms with Gasteiger partial charge in [-0.2, -0.15) is 0 Å². The summed E-state index contributed by atoms with van der Waals surface area (Å²) in [5.41, 5.74) is 14.9. The predicted octanol–water partition coefficient (Wildman–Crippen LogP) is 5.87. The van der Waals surface area contributed by atoms with Crippen molar-refractivity contribution in [2.24, 2.45) is 10.1 Å². The summed E-state index contributed by atoms with van der Waals surface area (Å²) >= 11 is 0. The number of azide groups is 1. The minimum absolute atomic E-state index is 0.000570. The zero-order valence-electron chi connectivity index (χ0n) is 26.1. The maximum Gasteiger partial charge on any atom is 0.266 e. The van der Waals surface area contributed by atoms with Crippen molar-refractivity contribution in [2.75, 3.05) is 20.3 Å². The topological polar surface area (TPSA) is 150 Å². The molecule has 0 aromatic heterocycles. The van der Waals surface area contributed by atoms with Gasteiger partial charge >= 0.3 is 0 Å². The molecule has 0 unspecified atom stereocenters. The molecule has 1 heterocycles. The Kier molecular flexibility index (Phi) is 11.2. The average Bonchev–Trinajstić information content (AvgIpc) is 3.50. The average molecular weight is 657 g/mol. The highest BCUT2D eigenvalue weighted by atomic mass is 19.1. The largest absolute Gasteiger partial charge is 0.497 e. The van der Waals surface area contributed by atoms with Crippen LogP contribution in [0.2, 0.25) is 0 Å². The molecule has 0 fully saturated rings. The van der Waals surface area contributed by atoms with Gasteiger partial charge in [0, 0.05) is 42.0 Å². The molecule has 5 rings (SSSR count). The second kappa shape index (κ2) is 15.9. The van der Waals surface area contributed by atoms with E-state index in [2.05, 4.69) is 20.9 Å². The van der Waals surface area contributed by atoms with Crippen molar-refractivity contribution in [3.05, 3.63) is 141 Å². The molecule has 48 heavy (non-hydrogen) atoms. The number of carbonyl (C=O) groups is 1. The number of ether oxygens (including phenoxy) is 3. The van der Waals surface area contributed by atoms with Gasteiger partial charge in [-0.05, 0) is 70.8 Å². The van der Waals surface area contributed by atoms with Crippen LogP contribution in [-0.4, -0.2) is 42.8 Å². The van der Waals surface area contributed by atoms with Crippen molar-refractivity contribution in [2.45, 2.75) is 37.6 Å². The standard InChI is InChI=1S/C35H34F2N6O5/c1-46-28-10-4-9-24(19-28)32-35(20-25-7-2-3-8-26(25)21-40-43-38,34(45)42-39-22-29-30(36)11-5-12-31(29)37)41-33(48-32)23-13-15-27(16-14-23)47-18-6-17-44/h2-5,7-16,19,32,39,44H,6,17-18,20-22H2,1H3,(H,42,45)/t32-,35-/m0/s1. The zero-order chi connectivity index (χ0) is 33.9. The number of nitrogens with zero attached hydrogens (tertiary/aromatic N) is 4. The number of aliphatic hydroxyl groups excluding tert-OH is 1. The number of methoxy groups -OCH3 is 1. The van der Waals surface area contributed by atoms with E-state index in [1.54, 1.807) is 66.7 Å². The Hall–Kier alpha value is -5.49. The van der Waals surface area contributed by atoms with Gasteiger partial charge in [-0.1, -0.05) is 47.6 Å². The summed E-state index contributed by atoms with van der Waals surface area (Å²) in [4.78, 5) is 22.3. The van der Waals surface area contributed by atoms with E-state index < -0.39 is 29.2 Å². The summed E-state index contributed by atoms with van der Waals surface area (Å²) in [6.45, 7) is 0.0448. The van der Waals surface area contributed by atoms with Crippen molar-refractivity contribution in [1.29, 1.82) is 0 Å². The summed E-state index contributed by atoms with van der Waals surface area (Å²) in [6.07, 6.45) is -0.516. The fourth-order valence-corrected chi connectivity index (χ4v) is 5.39. The second-order valence-electron chi connectivity index (χ2n) is 10.9. The van der Waals surface area contributed by atoms with Crippen LogP contribution in [0.15, 0.2) is 101 Å². The van der Waals surface area contributed by atoms with E-state index in [1.807, 2.05) is 6.07 Å². The normalized spacial score (nSPS) is 16.8. The number of aliphatic imine (C=N–C) groups is 1. The third-order valence-corrected chi connectivity index (χ3v) is 7.84. The van der Waals surface area contributed by atoms with Crippen LogP contribution in [0.3, 0.4) is 0 Å². The smallest absolute Gasteiger partial charge is 0.266 e. The van der Waals surface area contributed by atoms with Crippen LogP contribution >= 0.6 is 0 Å². The SMILES string of the molecule is COc1cccc([C@@H]2OC(c3ccc(OCCCO)cc3)=N[C@]2(Cc2ccccc2CN=[N+]=[N-])C(=O)NNCc2c(F)cccc2F)c1. The van der Waals surface area contributed by atoms with E-state index in [-0.39, 0.29) is 37.6 Å². The molecule has 1 amide bonds. The van der Waals surface area contributed by atoms with Gasteiger partial charge < -0.3 is 19.3 Å². The van der Waals surface area contributed by atoms with Gasteiger partial charge in [-0.15, -0.1) is 0 Å². The third-order valence-electron chi connectivity index (χ3n) is 7.84. The molecule has 0 spiro atoms. The number of carbonyl (C=O) groups excluding carboxylic acids is 1. The molecule has 4 aromatic rings. The lowest BCUT2D eigenvalue weighted by molar-refractivity contribution is -0.130. The molecule has 11 nitrogen and oxygen atoms in total. The molecule has 2 atom stereocenters. The van der Waals surface area contributed by atoms with Gasteiger partial charge in [-0.3, -0.25) is 10.2 Å². The Labute approximate surface area is 275 Å². The van der Waals surface area contributed by atoms with Gasteiger partial charge in [0.2, 0.25) is 5.90 Å². The van der Waals surface area contributed by atoms with E-state index in [4.69, 9.17) is 29.8 Å². The lowest BCUT2D eigenvalue weighted by Crippen LogP contribution is -2.53. The maximum absolute atomic E-state index is 14.5. The Bertz CT molecular complexity index is 1800. The van der Waals surface area contributed by atoms with Crippen LogP contribution in [-0.2, 0) is 29.0 Å². The first-order chi connectivity index (χ1) is 23.4. The van der Waals surface area contributed by atoms with Crippen LogP contribution in [0.25, 0.3) is 10.4 Å². The Morgan fingerprint density at radius 3 is 2.46 bits per heavy atom. The van der Waals surface area contributed by atoms with Crippen LogP contribution in [0.4, 0.5) is 8.78 Å². The van der Waals surface area contributed by atoms with E-state index in [9.17, 15) is 13.6 Å². The molecule has 0 saturated carbocycles. The number of rotatable bonds is 15. The zero-order valence-corrected chi connectivity index (χ0v) is 26.1. The Morgan fingerprint density at radius 2 is 1.75 bits per heavy atom. The minimum atomic E-state index is -1.68. The lowest BCUT2D eigenvalue weighted by Gasteiger charge is -2.31. The quantitative estimate of drug-likeness (QED) is 0.0479. The van der Waals surface area contributed by atoms with Crippen LogP contribution < -0.4 is 20.3 Å². The summed E-state index contributed by atoms with van der Waals surface area (Å²) < 4.78 is 46.5. The molecular weight excluding hydrogens is 622 g/mol. The summed E-state index contributed by atoms with van der Waals surface area (Å²) in [6, 6.07) is 24.8. The van der Waals surface area contributed by atoms with Crippen LogP contribution in [0, 0.1) is 11.6 Å². The molecule has 0 saturated heterocycles. The predicted molar refractivity (Wildman–Crippen MR) is 174 cm³/mol. The fourth-order valence-electron chi connectivity index (χ4n) is 5.39. The van der Waals surface area contributed by atoms with Gasteiger partial charge in [0.15, 0.2) is 11.6 Å². The molecule has 0 aliphatic carbocycles. The molecular formula is C35H34F2N6O5. The maximum atomic E-state index is 14.5. The highest BCUT2D eigenvalue weighted by Crippen LogP contribution is 2.43. The molecule has 4 aromatic carbocycles. The highest BCUT2D eigenvalue weighted by molar-refractivity contribution is 6.01. The molecule has 0 radical (unpaired) electrons. The fraction of sp³-hybridized carbons (Fsp3) is 0.257. The number of hydrogen-bond donors (Lipinski definition) is 3. The van der Waals surface area contributed by atoms with Crippen molar-refractivity contribution in [3.8, 4) is 11.5 Å². The number of benzene rings is 4. The Morgan fingerprint density at radius 1 is 1.02 bits per heavy atom. The van der Waals surface area contributed by atoms with Crippen molar-refractivity contribution in [3.63, 3.8) is 0 Å². The van der Waals surface area contributed by atoms with E-state index >= 15 is 0 Å². The van der Waals surface area contributed by atoms with Gasteiger partial charge in [0.25, 0.3) is 5.91 Å². The van der Waals surface area contributed by atoms with Gasteiger partial charge in [0.05, 0.1) is 20.3 Å². The third kappa shape index (κ3) is 7.72. The van der Waals surface area contributed by atoms with Crippen LogP contribution in [0.5, 0.6) is 11.5 Å². The second-order valence-corrected chi connectivity index (χ2v) is 10.9. The molecule has 1 aliphatic rings. The number of halogens is 2. The summed E-state index contributed by atoms with van der Waals surface area (Å²) in [5, 5.41) is 12.8. The molecule has 1 aliphatic heterocycles. The number of hydrogen-bond acceptors (Lipinski definition) is 8. The lowest BCUT2D eigenvalue weighted by atomic mass is 9.81. The molecule has 248 valence electrons. The first-order valence-corrected chi connectivity index (χ1v) is 15.2. The van der Waals surface area contributed by atoms with E-state index in [0.29, 0.717) is 46.8 Å². The Balaban J connectivity index is 1.58. The van der Waals surface area contributed by atoms with Gasteiger partial charge in [0.1, 0.15) is 23.1 Å². The summed E-state index contributed by atoms with van der Waals surface area (Å²) in [7, 11) is 1.53. The number of nitrogens with one attached hydrogen (secondary N) is 2. The first-order valence-electron chi connectivity index (χ1n) is 15.2. The monoisotopic (exact) mass is 656 g/mol. The van der Waals surface area contributed by atoms with Crippen LogP contribution in [0.1, 0.15) is 40.3 Å². The van der Waals surface area contributed by atoms with E-state index in [0.717, 1.165) is 12.1 Å². The highest BCUT2D eigenvalue weighted by Gasteiger charge is 2.53. The van der Waals surface area contributed by atoms with Crippen molar-refractivity contribution in [1.82, 2.24) is 10.9 Å².